The van der Waals surface area contributed by atoms with Gasteiger partial charge in [0.25, 0.3) is 0 Å². The number of nitrogens with one attached hydrogen (secondary N) is 1. The van der Waals surface area contributed by atoms with Gasteiger partial charge in [-0.3, -0.25) is 4.90 Å². The van der Waals surface area contributed by atoms with Crippen molar-refractivity contribution in [2.45, 2.75) is 26.0 Å². The van der Waals surface area contributed by atoms with Crippen molar-refractivity contribution < 1.29 is 4.74 Å². The Bertz CT molecular complexity index is 329. The lowest BCUT2D eigenvalue weighted by atomic mass is 9.96. The van der Waals surface area contributed by atoms with Crippen LogP contribution in [0.15, 0.2) is 17.5 Å². The third-order valence-corrected chi connectivity index (χ3v) is 4.64. The maximum atomic E-state index is 5.54. The molecule has 1 fully saturated rings. The summed E-state index contributed by atoms with van der Waals surface area (Å²) in [4.78, 5) is 3.92. The van der Waals surface area contributed by atoms with Crippen LogP contribution in [0.1, 0.15) is 18.2 Å². The molecule has 0 spiro atoms. The highest BCUT2D eigenvalue weighted by Crippen LogP contribution is 2.18. The molecule has 3 nitrogen and oxygen atoms in total. The Morgan fingerprint density at radius 1 is 1.56 bits per heavy atom. The lowest BCUT2D eigenvalue weighted by Crippen LogP contribution is -2.45. The topological polar surface area (TPSA) is 24.5 Å². The number of hydrogen-bond acceptors (Lipinski definition) is 4. The molecule has 0 amide bonds. The fourth-order valence-electron chi connectivity index (χ4n) is 2.47. The number of ether oxygens (including phenoxy) is 1. The number of nitrogens with zero attached hydrogens (tertiary/aromatic N) is 1. The summed E-state index contributed by atoms with van der Waals surface area (Å²) in [7, 11) is 1.83. The molecule has 0 saturated carbocycles. The highest BCUT2D eigenvalue weighted by Gasteiger charge is 2.25. The molecule has 0 aliphatic carbocycles. The second kappa shape index (κ2) is 7.24. The summed E-state index contributed by atoms with van der Waals surface area (Å²) in [5.74, 6) is 0.699. The largest absolute Gasteiger partial charge is 0.380 e. The lowest BCUT2D eigenvalue weighted by Gasteiger charge is -2.36. The number of piperidine rings is 1. The number of methoxy groups -OCH3 is 1. The Kier molecular flexibility index (Phi) is 5.63. The zero-order valence-electron chi connectivity index (χ0n) is 11.4. The van der Waals surface area contributed by atoms with Crippen LogP contribution in [0.3, 0.4) is 0 Å². The van der Waals surface area contributed by atoms with E-state index in [1.54, 1.807) is 0 Å². The smallest absolute Gasteiger partial charge is 0.0724 e. The van der Waals surface area contributed by atoms with E-state index in [0.29, 0.717) is 12.0 Å². The average Bonchev–Trinajstić information content (AvgIpc) is 2.89. The minimum atomic E-state index is 0.413. The molecule has 0 aromatic carbocycles. The molecule has 2 unspecified atom stereocenters. The molecule has 1 aliphatic heterocycles. The monoisotopic (exact) mass is 268 g/mol. The second-order valence-electron chi connectivity index (χ2n) is 5.10. The molecule has 1 aromatic rings. The summed E-state index contributed by atoms with van der Waals surface area (Å²) in [5, 5.41) is 5.64. The average molecular weight is 268 g/mol. The van der Waals surface area contributed by atoms with Crippen LogP contribution < -0.4 is 5.32 Å². The van der Waals surface area contributed by atoms with Crippen molar-refractivity contribution in [1.82, 2.24) is 10.2 Å². The van der Waals surface area contributed by atoms with Crippen molar-refractivity contribution >= 4 is 11.3 Å². The fourth-order valence-corrected chi connectivity index (χ4v) is 3.14. The third kappa shape index (κ3) is 4.05. The molecular formula is C14H24N2OS. The van der Waals surface area contributed by atoms with E-state index in [-0.39, 0.29) is 0 Å². The van der Waals surface area contributed by atoms with Gasteiger partial charge in [0, 0.05) is 38.2 Å². The minimum Gasteiger partial charge on any atom is -0.380 e. The van der Waals surface area contributed by atoms with Crippen molar-refractivity contribution in [2.24, 2.45) is 5.92 Å². The van der Waals surface area contributed by atoms with Crippen molar-refractivity contribution in [1.29, 1.82) is 0 Å². The number of likely N-dealkylation sites (tertiary alicyclic amines) is 1. The van der Waals surface area contributed by atoms with Crippen LogP contribution in [-0.4, -0.2) is 44.3 Å². The van der Waals surface area contributed by atoms with E-state index in [1.165, 1.54) is 17.8 Å². The van der Waals surface area contributed by atoms with E-state index >= 15 is 0 Å². The van der Waals surface area contributed by atoms with Crippen LogP contribution in [0.4, 0.5) is 0 Å². The number of rotatable bonds is 6. The predicted molar refractivity (Wildman–Crippen MR) is 77.0 cm³/mol. The molecule has 2 heterocycles. The summed E-state index contributed by atoms with van der Waals surface area (Å²) in [6, 6.07) is 4.29. The van der Waals surface area contributed by atoms with Crippen LogP contribution in [-0.2, 0) is 11.3 Å². The molecule has 1 aliphatic rings. The van der Waals surface area contributed by atoms with Crippen molar-refractivity contribution in [3.05, 3.63) is 22.4 Å². The highest BCUT2D eigenvalue weighted by molar-refractivity contribution is 7.09. The quantitative estimate of drug-likeness (QED) is 0.801. The van der Waals surface area contributed by atoms with Gasteiger partial charge in [-0.25, -0.2) is 0 Å². The third-order valence-electron chi connectivity index (χ3n) is 3.76. The molecule has 102 valence electrons. The van der Waals surface area contributed by atoms with Gasteiger partial charge < -0.3 is 10.1 Å². The van der Waals surface area contributed by atoms with E-state index in [2.05, 4.69) is 34.7 Å². The summed E-state index contributed by atoms with van der Waals surface area (Å²) in [5.41, 5.74) is 0. The first-order valence-electron chi connectivity index (χ1n) is 6.78. The molecule has 0 bridgehead atoms. The standard InChI is InChI=1S/C14H24N2OS/c1-12-5-7-16(11-14(12)17-2)8-6-15-10-13-4-3-9-18-13/h3-4,9,12,14-15H,5-8,10-11H2,1-2H3. The minimum absolute atomic E-state index is 0.413. The van der Waals surface area contributed by atoms with Gasteiger partial charge in [-0.15, -0.1) is 11.3 Å². The van der Waals surface area contributed by atoms with Crippen LogP contribution >= 0.6 is 11.3 Å². The van der Waals surface area contributed by atoms with Crippen molar-refractivity contribution in [3.63, 3.8) is 0 Å². The van der Waals surface area contributed by atoms with Gasteiger partial charge >= 0.3 is 0 Å². The van der Waals surface area contributed by atoms with E-state index < -0.39 is 0 Å². The zero-order chi connectivity index (χ0) is 12.8. The Morgan fingerprint density at radius 3 is 3.17 bits per heavy atom. The Morgan fingerprint density at radius 2 is 2.44 bits per heavy atom. The Labute approximate surface area is 114 Å². The molecule has 4 heteroatoms. The summed E-state index contributed by atoms with van der Waals surface area (Å²) < 4.78 is 5.54. The van der Waals surface area contributed by atoms with Crippen LogP contribution in [0.25, 0.3) is 0 Å². The Hall–Kier alpha value is -0.420. The normalized spacial score (nSPS) is 25.4. The first-order valence-corrected chi connectivity index (χ1v) is 7.66. The summed E-state index contributed by atoms with van der Waals surface area (Å²) in [6.07, 6.45) is 1.67. The molecular weight excluding hydrogens is 244 g/mol. The zero-order valence-corrected chi connectivity index (χ0v) is 12.2. The van der Waals surface area contributed by atoms with Gasteiger partial charge in [-0.1, -0.05) is 13.0 Å². The van der Waals surface area contributed by atoms with Crippen molar-refractivity contribution in [3.8, 4) is 0 Å². The van der Waals surface area contributed by atoms with Crippen LogP contribution in [0, 0.1) is 5.92 Å². The SMILES string of the molecule is COC1CN(CCNCc2cccs2)CCC1C. The van der Waals surface area contributed by atoms with Gasteiger partial charge in [0.05, 0.1) is 6.10 Å². The first-order chi connectivity index (χ1) is 8.79. The maximum absolute atomic E-state index is 5.54. The van der Waals surface area contributed by atoms with E-state index in [1.807, 2.05) is 18.4 Å². The van der Waals surface area contributed by atoms with E-state index in [4.69, 9.17) is 4.74 Å². The molecule has 1 aromatic heterocycles. The lowest BCUT2D eigenvalue weighted by molar-refractivity contribution is -0.00443. The fraction of sp³-hybridized carbons (Fsp3) is 0.714. The summed E-state index contributed by atoms with van der Waals surface area (Å²) in [6.45, 7) is 7.76. The van der Waals surface area contributed by atoms with Gasteiger partial charge in [-0.2, -0.15) is 0 Å². The Balaban J connectivity index is 1.62. The van der Waals surface area contributed by atoms with Gasteiger partial charge in [-0.05, 0) is 30.3 Å². The van der Waals surface area contributed by atoms with Crippen molar-refractivity contribution in [2.75, 3.05) is 33.3 Å². The predicted octanol–water partition coefficient (Wildman–Crippen LogP) is 2.19. The molecule has 0 radical (unpaired) electrons. The van der Waals surface area contributed by atoms with Crippen LogP contribution in [0.2, 0.25) is 0 Å². The van der Waals surface area contributed by atoms with Gasteiger partial charge in [0.15, 0.2) is 0 Å². The number of hydrogen-bond donors (Lipinski definition) is 1. The maximum Gasteiger partial charge on any atom is 0.0724 e. The molecule has 18 heavy (non-hydrogen) atoms. The number of thiophene rings is 1. The molecule has 1 saturated heterocycles. The van der Waals surface area contributed by atoms with Gasteiger partial charge in [0.1, 0.15) is 0 Å². The van der Waals surface area contributed by atoms with E-state index in [9.17, 15) is 0 Å². The summed E-state index contributed by atoms with van der Waals surface area (Å²) >= 11 is 1.82. The highest BCUT2D eigenvalue weighted by atomic mass is 32.1. The molecule has 2 rings (SSSR count). The van der Waals surface area contributed by atoms with Gasteiger partial charge in [0.2, 0.25) is 0 Å². The second-order valence-corrected chi connectivity index (χ2v) is 6.13. The van der Waals surface area contributed by atoms with Crippen LogP contribution in [0.5, 0.6) is 0 Å². The van der Waals surface area contributed by atoms with E-state index in [0.717, 1.165) is 26.2 Å². The molecule has 1 N–H and O–H groups in total. The first kappa shape index (κ1) is 14.0. The molecule has 2 atom stereocenters.